The molecule has 7 heteroatoms. The van der Waals surface area contributed by atoms with E-state index in [-0.39, 0.29) is 23.1 Å². The third-order valence-corrected chi connectivity index (χ3v) is 7.37. The Hall–Kier alpha value is -2.57. The molecular formula is C28H39ClN4O2. The number of carbonyl (C=O) groups is 2. The molecule has 1 N–H and O–H groups in total. The molecular weight excluding hydrogens is 460 g/mol. The summed E-state index contributed by atoms with van der Waals surface area (Å²) in [5.74, 6) is 0.0578. The molecule has 1 aliphatic heterocycles. The maximum atomic E-state index is 13.6. The molecule has 0 aliphatic carbocycles. The van der Waals surface area contributed by atoms with Gasteiger partial charge in [-0.05, 0) is 59.6 Å². The molecule has 3 rings (SSSR count). The van der Waals surface area contributed by atoms with Crippen LogP contribution < -0.4 is 10.3 Å². The molecule has 2 aromatic rings. The van der Waals surface area contributed by atoms with Gasteiger partial charge in [-0.25, -0.2) is 5.01 Å². The highest BCUT2D eigenvalue weighted by Crippen LogP contribution is 2.42. The first-order chi connectivity index (χ1) is 16.4. The van der Waals surface area contributed by atoms with E-state index >= 15 is 0 Å². The normalized spacial score (nSPS) is 18.5. The largest absolute Gasteiger partial charge is 0.340 e. The Balaban J connectivity index is 1.73. The number of piperidine rings is 1. The lowest BCUT2D eigenvalue weighted by molar-refractivity contribution is -0.137. The van der Waals surface area contributed by atoms with Crippen molar-refractivity contribution in [1.29, 1.82) is 0 Å². The summed E-state index contributed by atoms with van der Waals surface area (Å²) in [6, 6.07) is 14.9. The SMILES string of the molecule is CC(C)C(NC(=O)c1cccc(N(C)N(C)C)c1)C(=O)N1CCC(c2ccc(Cl)cc2)C(C)(C)C1. The maximum absolute atomic E-state index is 13.6. The number of hydrogen-bond donors (Lipinski definition) is 1. The van der Waals surface area contributed by atoms with Gasteiger partial charge in [-0.3, -0.25) is 9.59 Å². The number of hydrogen-bond acceptors (Lipinski definition) is 4. The topological polar surface area (TPSA) is 55.9 Å². The van der Waals surface area contributed by atoms with Crippen molar-refractivity contribution in [2.75, 3.05) is 39.2 Å². The fourth-order valence-electron chi connectivity index (χ4n) is 4.87. The Morgan fingerprint density at radius 2 is 1.74 bits per heavy atom. The van der Waals surface area contributed by atoms with E-state index in [1.165, 1.54) is 5.56 Å². The summed E-state index contributed by atoms with van der Waals surface area (Å²) in [6.45, 7) is 9.68. The van der Waals surface area contributed by atoms with Crippen LogP contribution in [0.5, 0.6) is 0 Å². The molecule has 0 bridgehead atoms. The summed E-state index contributed by atoms with van der Waals surface area (Å²) < 4.78 is 0. The highest BCUT2D eigenvalue weighted by atomic mass is 35.5. The zero-order valence-electron chi connectivity index (χ0n) is 22.0. The van der Waals surface area contributed by atoms with Crippen molar-refractivity contribution in [1.82, 2.24) is 15.2 Å². The molecule has 2 atom stereocenters. The van der Waals surface area contributed by atoms with Crippen LogP contribution in [0.25, 0.3) is 0 Å². The lowest BCUT2D eigenvalue weighted by Gasteiger charge is -2.45. The Bertz CT molecular complexity index is 1040. The monoisotopic (exact) mass is 498 g/mol. The number of nitrogens with one attached hydrogen (secondary N) is 1. The van der Waals surface area contributed by atoms with E-state index in [0.717, 1.165) is 17.1 Å². The number of carbonyl (C=O) groups excluding carboxylic acids is 2. The molecule has 2 aromatic carbocycles. The van der Waals surface area contributed by atoms with Crippen LogP contribution in [-0.2, 0) is 4.79 Å². The molecule has 1 fully saturated rings. The van der Waals surface area contributed by atoms with Crippen molar-refractivity contribution < 1.29 is 9.59 Å². The van der Waals surface area contributed by atoms with Crippen LogP contribution in [0.4, 0.5) is 5.69 Å². The van der Waals surface area contributed by atoms with Gasteiger partial charge in [-0.15, -0.1) is 0 Å². The Morgan fingerprint density at radius 3 is 2.31 bits per heavy atom. The van der Waals surface area contributed by atoms with Crippen molar-refractivity contribution in [2.24, 2.45) is 11.3 Å². The first-order valence-electron chi connectivity index (χ1n) is 12.3. The fraction of sp³-hybridized carbons (Fsp3) is 0.500. The smallest absolute Gasteiger partial charge is 0.252 e. The molecule has 2 unspecified atom stereocenters. The van der Waals surface area contributed by atoms with Crippen molar-refractivity contribution in [2.45, 2.75) is 46.1 Å². The van der Waals surface area contributed by atoms with Gasteiger partial charge in [-0.2, -0.15) is 0 Å². The molecule has 0 saturated carbocycles. The van der Waals surface area contributed by atoms with Gasteiger partial charge in [0.15, 0.2) is 0 Å². The third kappa shape index (κ3) is 6.36. The quantitative estimate of drug-likeness (QED) is 0.543. The molecule has 1 saturated heterocycles. The maximum Gasteiger partial charge on any atom is 0.252 e. The van der Waals surface area contributed by atoms with Crippen LogP contribution >= 0.6 is 11.6 Å². The second-order valence-corrected chi connectivity index (χ2v) is 11.2. The molecule has 2 amide bonds. The highest BCUT2D eigenvalue weighted by Gasteiger charge is 2.40. The summed E-state index contributed by atoms with van der Waals surface area (Å²) >= 11 is 6.08. The van der Waals surface area contributed by atoms with Crippen molar-refractivity contribution >= 4 is 29.1 Å². The van der Waals surface area contributed by atoms with E-state index < -0.39 is 6.04 Å². The minimum absolute atomic E-state index is 0.0162. The van der Waals surface area contributed by atoms with Gasteiger partial charge in [0.25, 0.3) is 5.91 Å². The Labute approximate surface area is 215 Å². The van der Waals surface area contributed by atoms with Crippen LogP contribution in [-0.4, -0.2) is 62.0 Å². The first-order valence-corrected chi connectivity index (χ1v) is 12.6. The number of halogens is 1. The number of benzene rings is 2. The zero-order chi connectivity index (χ0) is 25.9. The van der Waals surface area contributed by atoms with Crippen molar-refractivity contribution in [3.63, 3.8) is 0 Å². The van der Waals surface area contributed by atoms with E-state index in [9.17, 15) is 9.59 Å². The highest BCUT2D eigenvalue weighted by molar-refractivity contribution is 6.30. The number of anilines is 1. The van der Waals surface area contributed by atoms with Gasteiger partial charge in [0.05, 0.1) is 5.69 Å². The second kappa shape index (κ2) is 11.0. The predicted octanol–water partition coefficient (Wildman–Crippen LogP) is 5.05. The van der Waals surface area contributed by atoms with Crippen molar-refractivity contribution in [3.8, 4) is 0 Å². The molecule has 0 spiro atoms. The summed E-state index contributed by atoms with van der Waals surface area (Å²) in [7, 11) is 5.82. The number of hydrazine groups is 1. The average molecular weight is 499 g/mol. The minimum Gasteiger partial charge on any atom is -0.340 e. The summed E-state index contributed by atoms with van der Waals surface area (Å²) in [4.78, 5) is 28.7. The van der Waals surface area contributed by atoms with Gasteiger partial charge in [0.2, 0.25) is 5.91 Å². The first kappa shape index (κ1) is 27.0. The summed E-state index contributed by atoms with van der Waals surface area (Å²) in [6.07, 6.45) is 0.873. The van der Waals surface area contributed by atoms with E-state index in [4.69, 9.17) is 11.6 Å². The number of likely N-dealkylation sites (tertiary alicyclic amines) is 1. The summed E-state index contributed by atoms with van der Waals surface area (Å²) in [5.41, 5.74) is 2.60. The van der Waals surface area contributed by atoms with E-state index in [0.29, 0.717) is 24.6 Å². The van der Waals surface area contributed by atoms with Crippen LogP contribution in [0, 0.1) is 11.3 Å². The van der Waals surface area contributed by atoms with Crippen LogP contribution in [0.3, 0.4) is 0 Å². The molecule has 0 aromatic heterocycles. The van der Waals surface area contributed by atoms with Gasteiger partial charge in [0, 0.05) is 44.8 Å². The van der Waals surface area contributed by atoms with E-state index in [1.54, 1.807) is 6.07 Å². The number of nitrogens with zero attached hydrogens (tertiary/aromatic N) is 3. The zero-order valence-corrected chi connectivity index (χ0v) is 22.8. The van der Waals surface area contributed by atoms with Crippen LogP contribution in [0.2, 0.25) is 5.02 Å². The third-order valence-electron chi connectivity index (χ3n) is 7.11. The Kier molecular flexibility index (Phi) is 8.50. The van der Waals surface area contributed by atoms with Gasteiger partial charge in [0.1, 0.15) is 6.04 Å². The van der Waals surface area contributed by atoms with Crippen molar-refractivity contribution in [3.05, 3.63) is 64.7 Å². The lowest BCUT2D eigenvalue weighted by Crippen LogP contribution is -2.55. The Morgan fingerprint density at radius 1 is 1.09 bits per heavy atom. The van der Waals surface area contributed by atoms with Crippen LogP contribution in [0.1, 0.15) is 56.0 Å². The number of rotatable bonds is 7. The van der Waals surface area contributed by atoms with Gasteiger partial charge >= 0.3 is 0 Å². The minimum atomic E-state index is -0.583. The lowest BCUT2D eigenvalue weighted by atomic mass is 9.70. The van der Waals surface area contributed by atoms with Gasteiger partial charge < -0.3 is 15.2 Å². The molecule has 190 valence electrons. The van der Waals surface area contributed by atoms with Gasteiger partial charge in [-0.1, -0.05) is 57.5 Å². The average Bonchev–Trinajstić information content (AvgIpc) is 2.81. The van der Waals surface area contributed by atoms with Crippen LogP contribution in [0.15, 0.2) is 48.5 Å². The standard InChI is InChI=1S/C28H39ClN4O2/c1-19(2)25(30-26(34)21-9-8-10-23(17-21)32(7)31(5)6)27(35)33-16-15-24(28(3,4)18-33)20-11-13-22(29)14-12-20/h8-14,17,19,24-25H,15-16,18H2,1-7H3,(H,30,34). The van der Waals surface area contributed by atoms with E-state index in [2.05, 4.69) is 31.3 Å². The summed E-state index contributed by atoms with van der Waals surface area (Å²) in [5, 5.41) is 7.65. The molecule has 35 heavy (non-hydrogen) atoms. The molecule has 1 aliphatic rings. The fourth-order valence-corrected chi connectivity index (χ4v) is 5.00. The second-order valence-electron chi connectivity index (χ2n) is 10.8. The van der Waals surface area contributed by atoms with E-state index in [1.807, 2.05) is 80.2 Å². The predicted molar refractivity (Wildman–Crippen MR) is 144 cm³/mol. The molecule has 6 nitrogen and oxygen atoms in total. The molecule has 0 radical (unpaired) electrons. The molecule has 1 heterocycles. The number of amides is 2.